The summed E-state index contributed by atoms with van der Waals surface area (Å²) < 4.78 is 2.00. The number of aromatic nitrogens is 3. The number of carboxylic acid groups (broad SMARTS) is 1. The number of aryl methyl sites for hydroxylation is 2. The highest BCUT2D eigenvalue weighted by Crippen LogP contribution is 2.11. The SMILES string of the molecule is O=C(O)c1ccc(CCn2cnc3cccnc32)cc1. The summed E-state index contributed by atoms with van der Waals surface area (Å²) >= 11 is 0. The number of imidazole rings is 1. The Morgan fingerprint density at radius 2 is 1.95 bits per heavy atom. The second-order valence-corrected chi connectivity index (χ2v) is 4.54. The van der Waals surface area contributed by atoms with Crippen LogP contribution in [0.1, 0.15) is 15.9 Å². The third kappa shape index (κ3) is 2.38. The Morgan fingerprint density at radius 1 is 1.15 bits per heavy atom. The standard InChI is InChI=1S/C15H13N3O2/c19-15(20)12-5-3-11(4-6-12)7-9-18-10-17-13-2-1-8-16-14(13)18/h1-6,8,10H,7,9H2,(H,19,20). The first-order chi connectivity index (χ1) is 9.74. The molecule has 0 aliphatic heterocycles. The molecule has 2 aromatic heterocycles. The smallest absolute Gasteiger partial charge is 0.335 e. The summed E-state index contributed by atoms with van der Waals surface area (Å²) in [5, 5.41) is 8.85. The van der Waals surface area contributed by atoms with Crippen LogP contribution in [0, 0.1) is 0 Å². The highest BCUT2D eigenvalue weighted by Gasteiger charge is 2.04. The van der Waals surface area contributed by atoms with Crippen LogP contribution >= 0.6 is 0 Å². The molecule has 3 rings (SSSR count). The lowest BCUT2D eigenvalue weighted by Crippen LogP contribution is -2.01. The molecule has 0 unspecified atom stereocenters. The van der Waals surface area contributed by atoms with Gasteiger partial charge in [-0.15, -0.1) is 0 Å². The number of hydrogen-bond donors (Lipinski definition) is 1. The van der Waals surface area contributed by atoms with Crippen molar-refractivity contribution in [3.05, 3.63) is 60.0 Å². The minimum Gasteiger partial charge on any atom is -0.478 e. The van der Waals surface area contributed by atoms with Crippen LogP contribution in [0.3, 0.4) is 0 Å². The van der Waals surface area contributed by atoms with Gasteiger partial charge in [-0.1, -0.05) is 12.1 Å². The van der Waals surface area contributed by atoms with Gasteiger partial charge in [0.2, 0.25) is 0 Å². The molecule has 0 aliphatic carbocycles. The molecule has 0 spiro atoms. The van der Waals surface area contributed by atoms with E-state index in [1.54, 1.807) is 24.7 Å². The van der Waals surface area contributed by atoms with Gasteiger partial charge in [0.05, 0.1) is 11.9 Å². The fourth-order valence-electron chi connectivity index (χ4n) is 2.12. The molecule has 0 bridgehead atoms. The van der Waals surface area contributed by atoms with Crippen LogP contribution in [-0.4, -0.2) is 25.6 Å². The first-order valence-corrected chi connectivity index (χ1v) is 6.32. The van der Waals surface area contributed by atoms with E-state index in [4.69, 9.17) is 5.11 Å². The molecule has 0 fully saturated rings. The van der Waals surface area contributed by atoms with Crippen molar-refractivity contribution in [2.45, 2.75) is 13.0 Å². The molecule has 0 saturated heterocycles. The minimum atomic E-state index is -0.902. The van der Waals surface area contributed by atoms with Gasteiger partial charge >= 0.3 is 5.97 Å². The summed E-state index contributed by atoms with van der Waals surface area (Å²) in [6.07, 6.45) is 4.34. The van der Waals surface area contributed by atoms with E-state index >= 15 is 0 Å². The number of fused-ring (bicyclic) bond motifs is 1. The van der Waals surface area contributed by atoms with Gasteiger partial charge in [0, 0.05) is 12.7 Å². The molecule has 0 saturated carbocycles. The molecule has 5 heteroatoms. The molecule has 20 heavy (non-hydrogen) atoms. The molecule has 100 valence electrons. The van der Waals surface area contributed by atoms with Crippen molar-refractivity contribution in [2.24, 2.45) is 0 Å². The van der Waals surface area contributed by atoms with Crippen molar-refractivity contribution < 1.29 is 9.90 Å². The van der Waals surface area contributed by atoms with Gasteiger partial charge in [-0.25, -0.2) is 14.8 Å². The van der Waals surface area contributed by atoms with Crippen LogP contribution in [0.5, 0.6) is 0 Å². The number of carbonyl (C=O) groups is 1. The van der Waals surface area contributed by atoms with Gasteiger partial charge in [0.1, 0.15) is 5.52 Å². The van der Waals surface area contributed by atoms with Gasteiger partial charge < -0.3 is 9.67 Å². The molecule has 2 heterocycles. The van der Waals surface area contributed by atoms with E-state index in [9.17, 15) is 4.79 Å². The summed E-state index contributed by atoms with van der Waals surface area (Å²) in [5.74, 6) is -0.902. The monoisotopic (exact) mass is 267 g/mol. The van der Waals surface area contributed by atoms with Crippen LogP contribution in [0.2, 0.25) is 0 Å². The summed E-state index contributed by atoms with van der Waals surface area (Å²) in [4.78, 5) is 19.4. The summed E-state index contributed by atoms with van der Waals surface area (Å²) in [5.41, 5.74) is 3.15. The maximum absolute atomic E-state index is 10.8. The lowest BCUT2D eigenvalue weighted by atomic mass is 10.1. The van der Waals surface area contributed by atoms with Gasteiger partial charge in [-0.05, 0) is 36.2 Å². The van der Waals surface area contributed by atoms with E-state index in [1.165, 1.54) is 0 Å². The Kier molecular flexibility index (Phi) is 3.16. The van der Waals surface area contributed by atoms with Crippen molar-refractivity contribution in [3.63, 3.8) is 0 Å². The number of nitrogens with zero attached hydrogens (tertiary/aromatic N) is 3. The lowest BCUT2D eigenvalue weighted by Gasteiger charge is -2.04. The fraction of sp³-hybridized carbons (Fsp3) is 0.133. The number of benzene rings is 1. The third-order valence-electron chi connectivity index (χ3n) is 3.22. The summed E-state index contributed by atoms with van der Waals surface area (Å²) in [6.45, 7) is 0.764. The van der Waals surface area contributed by atoms with Gasteiger partial charge in [-0.2, -0.15) is 0 Å². The Balaban J connectivity index is 1.74. The fourth-order valence-corrected chi connectivity index (χ4v) is 2.12. The van der Waals surface area contributed by atoms with Crippen molar-refractivity contribution in [1.82, 2.24) is 14.5 Å². The van der Waals surface area contributed by atoms with E-state index in [1.807, 2.05) is 28.8 Å². The minimum absolute atomic E-state index is 0.309. The van der Waals surface area contributed by atoms with E-state index < -0.39 is 5.97 Å². The summed E-state index contributed by atoms with van der Waals surface area (Å²) in [6, 6.07) is 10.7. The summed E-state index contributed by atoms with van der Waals surface area (Å²) in [7, 11) is 0. The maximum Gasteiger partial charge on any atom is 0.335 e. The molecule has 3 aromatic rings. The molecule has 0 amide bonds. The first kappa shape index (κ1) is 12.3. The van der Waals surface area contributed by atoms with Crippen LogP contribution < -0.4 is 0 Å². The van der Waals surface area contributed by atoms with Gasteiger partial charge in [0.15, 0.2) is 5.65 Å². The molecular weight excluding hydrogens is 254 g/mol. The van der Waals surface area contributed by atoms with Crippen LogP contribution in [0.4, 0.5) is 0 Å². The van der Waals surface area contributed by atoms with Crippen molar-refractivity contribution in [3.8, 4) is 0 Å². The Hall–Kier alpha value is -2.69. The van der Waals surface area contributed by atoms with E-state index in [0.29, 0.717) is 5.56 Å². The normalized spacial score (nSPS) is 10.8. The quantitative estimate of drug-likeness (QED) is 0.788. The average molecular weight is 267 g/mol. The maximum atomic E-state index is 10.8. The van der Waals surface area contributed by atoms with Crippen molar-refractivity contribution in [1.29, 1.82) is 0 Å². The predicted molar refractivity (Wildman–Crippen MR) is 74.6 cm³/mol. The molecular formula is C15H13N3O2. The van der Waals surface area contributed by atoms with Crippen LogP contribution in [0.25, 0.3) is 11.2 Å². The third-order valence-corrected chi connectivity index (χ3v) is 3.22. The van der Waals surface area contributed by atoms with Crippen molar-refractivity contribution in [2.75, 3.05) is 0 Å². The zero-order chi connectivity index (χ0) is 13.9. The van der Waals surface area contributed by atoms with Gasteiger partial charge in [0.25, 0.3) is 0 Å². The first-order valence-electron chi connectivity index (χ1n) is 6.32. The molecule has 1 aromatic carbocycles. The van der Waals surface area contributed by atoms with Gasteiger partial charge in [-0.3, -0.25) is 0 Å². The zero-order valence-corrected chi connectivity index (χ0v) is 10.7. The Morgan fingerprint density at radius 3 is 2.70 bits per heavy atom. The topological polar surface area (TPSA) is 68.0 Å². The van der Waals surface area contributed by atoms with E-state index in [-0.39, 0.29) is 0 Å². The largest absolute Gasteiger partial charge is 0.478 e. The molecule has 1 N–H and O–H groups in total. The number of pyridine rings is 1. The highest BCUT2D eigenvalue weighted by molar-refractivity contribution is 5.87. The Bertz CT molecular complexity index is 747. The number of aromatic carboxylic acids is 1. The molecule has 0 atom stereocenters. The highest BCUT2D eigenvalue weighted by atomic mass is 16.4. The van der Waals surface area contributed by atoms with Crippen LogP contribution in [-0.2, 0) is 13.0 Å². The second-order valence-electron chi connectivity index (χ2n) is 4.54. The molecule has 5 nitrogen and oxygen atoms in total. The zero-order valence-electron chi connectivity index (χ0n) is 10.7. The average Bonchev–Trinajstić information content (AvgIpc) is 2.89. The van der Waals surface area contributed by atoms with E-state index in [2.05, 4.69) is 9.97 Å². The lowest BCUT2D eigenvalue weighted by molar-refractivity contribution is 0.0697. The molecule has 0 aliphatic rings. The Labute approximate surface area is 115 Å². The molecule has 0 radical (unpaired) electrons. The van der Waals surface area contributed by atoms with Crippen LogP contribution in [0.15, 0.2) is 48.9 Å². The predicted octanol–water partition coefficient (Wildman–Crippen LogP) is 2.37. The number of hydrogen-bond acceptors (Lipinski definition) is 3. The van der Waals surface area contributed by atoms with Crippen molar-refractivity contribution >= 4 is 17.1 Å². The number of carboxylic acids is 1. The number of rotatable bonds is 4. The van der Waals surface area contributed by atoms with E-state index in [0.717, 1.165) is 29.7 Å². The second kappa shape index (κ2) is 5.13.